The predicted molar refractivity (Wildman–Crippen MR) is 138 cm³/mol. The van der Waals surface area contributed by atoms with E-state index in [1.54, 1.807) is 47.4 Å². The summed E-state index contributed by atoms with van der Waals surface area (Å²) in [6.45, 7) is 2.35. The Kier molecular flexibility index (Phi) is 5.65. The van der Waals surface area contributed by atoms with Crippen molar-refractivity contribution in [3.63, 3.8) is 0 Å². The Balaban J connectivity index is 1.32. The number of aromatic carboxylic acids is 1. The molecule has 1 atom stereocenters. The van der Waals surface area contributed by atoms with E-state index in [0.717, 1.165) is 43.0 Å². The number of carbonyl (C=O) groups is 1. The number of imidazole rings is 2. The summed E-state index contributed by atoms with van der Waals surface area (Å²) < 4.78 is 5.49. The average molecular weight is 496 g/mol. The van der Waals surface area contributed by atoms with E-state index in [4.69, 9.17) is 5.11 Å². The molecule has 6 rings (SSSR count). The summed E-state index contributed by atoms with van der Waals surface area (Å²) in [5.41, 5.74) is 3.61. The van der Waals surface area contributed by atoms with Gasteiger partial charge in [-0.15, -0.1) is 0 Å². The molecule has 37 heavy (non-hydrogen) atoms. The van der Waals surface area contributed by atoms with Gasteiger partial charge in [-0.3, -0.25) is 19.0 Å². The zero-order valence-corrected chi connectivity index (χ0v) is 20.2. The third-order valence-corrected chi connectivity index (χ3v) is 6.96. The highest BCUT2D eigenvalue weighted by Gasteiger charge is 2.29. The molecule has 4 aromatic heterocycles. The van der Waals surface area contributed by atoms with Crippen LogP contribution in [0.3, 0.4) is 0 Å². The molecule has 0 radical (unpaired) electrons. The lowest BCUT2D eigenvalue weighted by molar-refractivity contribution is 0.0697. The Labute approximate surface area is 212 Å². The van der Waals surface area contributed by atoms with E-state index in [2.05, 4.69) is 19.9 Å². The zero-order valence-electron chi connectivity index (χ0n) is 20.2. The molecule has 0 aliphatic carbocycles. The first-order valence-corrected chi connectivity index (χ1v) is 12.1. The number of carboxylic acid groups (broad SMARTS) is 1. The van der Waals surface area contributed by atoms with Gasteiger partial charge in [0, 0.05) is 44.3 Å². The van der Waals surface area contributed by atoms with Crippen molar-refractivity contribution in [1.82, 2.24) is 33.6 Å². The number of carboxylic acids is 1. The Morgan fingerprint density at radius 3 is 2.59 bits per heavy atom. The number of fused-ring (bicyclic) bond motifs is 1. The number of likely N-dealkylation sites (tertiary alicyclic amines) is 1. The highest BCUT2D eigenvalue weighted by Crippen LogP contribution is 2.27. The van der Waals surface area contributed by atoms with E-state index in [1.807, 2.05) is 46.6 Å². The molecule has 186 valence electrons. The van der Waals surface area contributed by atoms with E-state index in [0.29, 0.717) is 17.0 Å². The Bertz CT molecular complexity index is 1650. The van der Waals surface area contributed by atoms with Crippen LogP contribution in [-0.4, -0.2) is 57.7 Å². The molecule has 1 unspecified atom stereocenters. The van der Waals surface area contributed by atoms with Gasteiger partial charge >= 0.3 is 11.7 Å². The molecule has 0 bridgehead atoms. The maximum Gasteiger partial charge on any atom is 0.335 e. The van der Waals surface area contributed by atoms with Gasteiger partial charge in [-0.2, -0.15) is 0 Å². The molecule has 10 heteroatoms. The van der Waals surface area contributed by atoms with Crippen LogP contribution in [0.2, 0.25) is 0 Å². The topological polar surface area (TPSA) is 111 Å². The fourth-order valence-corrected chi connectivity index (χ4v) is 5.02. The Morgan fingerprint density at radius 1 is 1.05 bits per heavy atom. The number of hydrogen-bond acceptors (Lipinski definition) is 6. The molecule has 1 aliphatic rings. The van der Waals surface area contributed by atoms with Crippen LogP contribution < -0.4 is 5.69 Å². The van der Waals surface area contributed by atoms with Crippen LogP contribution in [0.1, 0.15) is 28.6 Å². The van der Waals surface area contributed by atoms with Gasteiger partial charge in [0.2, 0.25) is 0 Å². The maximum absolute atomic E-state index is 13.8. The fourth-order valence-electron chi connectivity index (χ4n) is 5.02. The first-order valence-electron chi connectivity index (χ1n) is 12.1. The van der Waals surface area contributed by atoms with Gasteiger partial charge in [0.05, 0.1) is 41.2 Å². The fraction of sp³-hybridized carbons (Fsp3) is 0.222. The van der Waals surface area contributed by atoms with Crippen molar-refractivity contribution in [3.05, 3.63) is 95.2 Å². The van der Waals surface area contributed by atoms with Gasteiger partial charge in [-0.1, -0.05) is 12.1 Å². The van der Waals surface area contributed by atoms with Crippen LogP contribution in [-0.2, 0) is 13.6 Å². The van der Waals surface area contributed by atoms with Crippen LogP contribution in [0.25, 0.3) is 28.1 Å². The molecule has 5 heterocycles. The average Bonchev–Trinajstić information content (AvgIpc) is 3.61. The van der Waals surface area contributed by atoms with Crippen LogP contribution in [0.5, 0.6) is 0 Å². The van der Waals surface area contributed by atoms with Crippen molar-refractivity contribution in [3.8, 4) is 16.9 Å². The van der Waals surface area contributed by atoms with Crippen molar-refractivity contribution in [2.45, 2.75) is 19.0 Å². The smallest absolute Gasteiger partial charge is 0.335 e. The summed E-state index contributed by atoms with van der Waals surface area (Å²) in [4.78, 5) is 40.8. The second-order valence-electron chi connectivity index (χ2n) is 9.25. The summed E-state index contributed by atoms with van der Waals surface area (Å²) >= 11 is 0. The van der Waals surface area contributed by atoms with Crippen molar-refractivity contribution >= 4 is 17.1 Å². The molecular weight excluding hydrogens is 470 g/mol. The SMILES string of the molecule is Cn1ccnc1CN1CCC(n2c(=O)n(-c3ccc(-c4ccc(C(=O)O)cc4)nc3)c3cccnc32)C1. The van der Waals surface area contributed by atoms with E-state index in [1.165, 1.54) is 0 Å². The standard InChI is InChI=1S/C27H25N7O3/c1-31-14-12-28-24(31)17-32-13-10-21(16-32)34-25-23(3-2-11-29-25)33(27(34)37)20-8-9-22(30-15-20)18-4-6-19(7-5-18)26(35)36/h2-9,11-12,14-15,21H,10,13,16-17H2,1H3,(H,35,36). The van der Waals surface area contributed by atoms with E-state index >= 15 is 0 Å². The minimum atomic E-state index is -0.971. The lowest BCUT2D eigenvalue weighted by atomic mass is 10.1. The largest absolute Gasteiger partial charge is 0.478 e. The number of rotatable bonds is 6. The van der Waals surface area contributed by atoms with Crippen LogP contribution in [0.15, 0.2) is 78.1 Å². The second-order valence-corrected chi connectivity index (χ2v) is 9.25. The van der Waals surface area contributed by atoms with Gasteiger partial charge in [-0.05, 0) is 42.8 Å². The summed E-state index contributed by atoms with van der Waals surface area (Å²) in [7, 11) is 1.99. The summed E-state index contributed by atoms with van der Waals surface area (Å²) in [6, 6.07) is 14.0. The lowest BCUT2D eigenvalue weighted by Gasteiger charge is -2.16. The number of nitrogens with zero attached hydrogens (tertiary/aromatic N) is 7. The van der Waals surface area contributed by atoms with Crippen molar-refractivity contribution in [2.75, 3.05) is 13.1 Å². The maximum atomic E-state index is 13.8. The minimum absolute atomic E-state index is 0.00593. The van der Waals surface area contributed by atoms with Gasteiger partial charge in [-0.25, -0.2) is 19.6 Å². The number of aryl methyl sites for hydroxylation is 1. The van der Waals surface area contributed by atoms with Gasteiger partial charge in [0.1, 0.15) is 5.82 Å². The van der Waals surface area contributed by atoms with Crippen molar-refractivity contribution in [2.24, 2.45) is 7.05 Å². The molecule has 0 spiro atoms. The number of pyridine rings is 2. The predicted octanol–water partition coefficient (Wildman–Crippen LogP) is 3.13. The molecule has 1 saturated heterocycles. The van der Waals surface area contributed by atoms with Crippen molar-refractivity contribution < 1.29 is 9.90 Å². The molecule has 10 nitrogen and oxygen atoms in total. The molecule has 1 aromatic carbocycles. The van der Waals surface area contributed by atoms with Gasteiger partial charge in [0.15, 0.2) is 5.65 Å². The third kappa shape index (κ3) is 4.11. The van der Waals surface area contributed by atoms with Gasteiger partial charge < -0.3 is 9.67 Å². The highest BCUT2D eigenvalue weighted by atomic mass is 16.4. The van der Waals surface area contributed by atoms with Gasteiger partial charge in [0.25, 0.3) is 0 Å². The number of aromatic nitrogens is 6. The summed E-state index contributed by atoms with van der Waals surface area (Å²) in [5.74, 6) is 0.0264. The normalized spacial score (nSPS) is 16.0. The van der Waals surface area contributed by atoms with E-state index in [9.17, 15) is 9.59 Å². The van der Waals surface area contributed by atoms with E-state index < -0.39 is 5.97 Å². The van der Waals surface area contributed by atoms with Crippen molar-refractivity contribution in [1.29, 1.82) is 0 Å². The minimum Gasteiger partial charge on any atom is -0.478 e. The number of benzene rings is 1. The quantitative estimate of drug-likeness (QED) is 0.385. The zero-order chi connectivity index (χ0) is 25.5. The Hall–Kier alpha value is -4.57. The number of hydrogen-bond donors (Lipinski definition) is 1. The first-order chi connectivity index (χ1) is 18.0. The molecule has 1 aliphatic heterocycles. The van der Waals surface area contributed by atoms with Crippen LogP contribution >= 0.6 is 0 Å². The Morgan fingerprint density at radius 2 is 1.89 bits per heavy atom. The first kappa shape index (κ1) is 22.9. The summed E-state index contributed by atoms with van der Waals surface area (Å²) in [6.07, 6.45) is 7.97. The third-order valence-electron chi connectivity index (χ3n) is 6.96. The molecular formula is C27H25N7O3. The van der Waals surface area contributed by atoms with E-state index in [-0.39, 0.29) is 17.3 Å². The molecule has 1 N–H and O–H groups in total. The second kappa shape index (κ2) is 9.14. The monoisotopic (exact) mass is 495 g/mol. The summed E-state index contributed by atoms with van der Waals surface area (Å²) in [5, 5.41) is 9.12. The molecule has 1 fully saturated rings. The molecule has 0 amide bonds. The van der Waals surface area contributed by atoms with Crippen LogP contribution in [0, 0.1) is 0 Å². The molecule has 0 saturated carbocycles. The highest BCUT2D eigenvalue weighted by molar-refractivity contribution is 5.88. The van der Waals surface area contributed by atoms with Crippen LogP contribution in [0.4, 0.5) is 0 Å². The molecule has 5 aromatic rings. The lowest BCUT2D eigenvalue weighted by Crippen LogP contribution is -2.29.